The van der Waals surface area contributed by atoms with Crippen LogP contribution in [0.25, 0.3) is 6.08 Å². The Balaban J connectivity index is 1.41. The van der Waals surface area contributed by atoms with E-state index in [9.17, 15) is 5.11 Å². The van der Waals surface area contributed by atoms with Crippen molar-refractivity contribution in [3.63, 3.8) is 0 Å². The first kappa shape index (κ1) is 15.8. The Labute approximate surface area is 138 Å². The monoisotopic (exact) mass is 308 g/mol. The van der Waals surface area contributed by atoms with Crippen molar-refractivity contribution >= 4 is 6.08 Å². The van der Waals surface area contributed by atoms with Crippen LogP contribution in [0.1, 0.15) is 11.1 Å². The van der Waals surface area contributed by atoms with Crippen LogP contribution in [0.15, 0.2) is 60.7 Å². The molecule has 0 spiro atoms. The van der Waals surface area contributed by atoms with E-state index in [0.29, 0.717) is 5.75 Å². The first-order valence-electron chi connectivity index (χ1n) is 8.24. The molecule has 1 fully saturated rings. The zero-order valence-electron chi connectivity index (χ0n) is 13.4. The van der Waals surface area contributed by atoms with Crippen molar-refractivity contribution in [2.75, 3.05) is 32.7 Å². The van der Waals surface area contributed by atoms with Crippen LogP contribution in [-0.2, 0) is 6.54 Å². The summed E-state index contributed by atoms with van der Waals surface area (Å²) in [5, 5.41) is 9.34. The first-order valence-corrected chi connectivity index (χ1v) is 8.24. The molecule has 1 saturated heterocycles. The van der Waals surface area contributed by atoms with Gasteiger partial charge in [0.1, 0.15) is 5.75 Å². The average Bonchev–Trinajstić information content (AvgIpc) is 2.59. The standard InChI is InChI=1S/C20H24N2O/c23-20-10-8-19(9-11-20)17-22-15-13-21(14-16-22)12-4-7-18-5-2-1-3-6-18/h1-11,23H,12-17H2. The summed E-state index contributed by atoms with van der Waals surface area (Å²) < 4.78 is 0. The van der Waals surface area contributed by atoms with Gasteiger partial charge in [-0.2, -0.15) is 0 Å². The minimum Gasteiger partial charge on any atom is -0.508 e. The summed E-state index contributed by atoms with van der Waals surface area (Å²) in [7, 11) is 0. The predicted molar refractivity (Wildman–Crippen MR) is 95.3 cm³/mol. The van der Waals surface area contributed by atoms with Crippen LogP contribution in [0, 0.1) is 0 Å². The number of rotatable bonds is 5. The lowest BCUT2D eigenvalue weighted by Gasteiger charge is -2.34. The Kier molecular flexibility index (Phi) is 5.46. The number of hydrogen-bond acceptors (Lipinski definition) is 3. The molecule has 23 heavy (non-hydrogen) atoms. The fraction of sp³-hybridized carbons (Fsp3) is 0.300. The van der Waals surface area contributed by atoms with Gasteiger partial charge in [0, 0.05) is 39.3 Å². The highest BCUT2D eigenvalue weighted by molar-refractivity contribution is 5.48. The molecule has 0 saturated carbocycles. The molecule has 3 nitrogen and oxygen atoms in total. The van der Waals surface area contributed by atoms with Gasteiger partial charge in [-0.25, -0.2) is 0 Å². The van der Waals surface area contributed by atoms with Crippen molar-refractivity contribution in [1.29, 1.82) is 0 Å². The topological polar surface area (TPSA) is 26.7 Å². The van der Waals surface area contributed by atoms with Crippen LogP contribution in [0.2, 0.25) is 0 Å². The van der Waals surface area contributed by atoms with Gasteiger partial charge in [0.25, 0.3) is 0 Å². The van der Waals surface area contributed by atoms with E-state index in [4.69, 9.17) is 0 Å². The van der Waals surface area contributed by atoms with Crippen molar-refractivity contribution in [1.82, 2.24) is 9.80 Å². The average molecular weight is 308 g/mol. The van der Waals surface area contributed by atoms with Crippen molar-refractivity contribution in [2.24, 2.45) is 0 Å². The van der Waals surface area contributed by atoms with Crippen molar-refractivity contribution < 1.29 is 5.11 Å². The summed E-state index contributed by atoms with van der Waals surface area (Å²) in [5.41, 5.74) is 2.53. The lowest BCUT2D eigenvalue weighted by molar-refractivity contribution is 0.137. The van der Waals surface area contributed by atoms with Crippen molar-refractivity contribution in [3.8, 4) is 5.75 Å². The van der Waals surface area contributed by atoms with Gasteiger partial charge in [0.15, 0.2) is 0 Å². The third-order valence-corrected chi connectivity index (χ3v) is 4.28. The first-order chi connectivity index (χ1) is 11.3. The van der Waals surface area contributed by atoms with E-state index in [1.54, 1.807) is 12.1 Å². The second-order valence-electron chi connectivity index (χ2n) is 6.06. The molecule has 1 aliphatic heterocycles. The molecule has 2 aromatic rings. The maximum atomic E-state index is 9.34. The summed E-state index contributed by atoms with van der Waals surface area (Å²) in [4.78, 5) is 4.97. The highest BCUT2D eigenvalue weighted by Crippen LogP contribution is 2.13. The second-order valence-corrected chi connectivity index (χ2v) is 6.06. The Morgan fingerprint density at radius 3 is 2.17 bits per heavy atom. The van der Waals surface area contributed by atoms with Gasteiger partial charge >= 0.3 is 0 Å². The van der Waals surface area contributed by atoms with E-state index in [-0.39, 0.29) is 0 Å². The van der Waals surface area contributed by atoms with Gasteiger partial charge in [0.2, 0.25) is 0 Å². The zero-order valence-corrected chi connectivity index (χ0v) is 13.4. The molecule has 3 heteroatoms. The van der Waals surface area contributed by atoms with E-state index < -0.39 is 0 Å². The van der Waals surface area contributed by atoms with Crippen LogP contribution in [-0.4, -0.2) is 47.6 Å². The van der Waals surface area contributed by atoms with Crippen molar-refractivity contribution in [3.05, 3.63) is 71.8 Å². The Bertz CT molecular complexity index is 614. The second kappa shape index (κ2) is 7.95. The number of phenols is 1. The summed E-state index contributed by atoms with van der Waals surface area (Å²) in [6, 6.07) is 18.0. The summed E-state index contributed by atoms with van der Waals surface area (Å²) >= 11 is 0. The molecular weight excluding hydrogens is 284 g/mol. The molecule has 0 unspecified atom stereocenters. The maximum Gasteiger partial charge on any atom is 0.115 e. The van der Waals surface area contributed by atoms with Gasteiger partial charge < -0.3 is 5.11 Å². The molecule has 0 atom stereocenters. The molecule has 120 valence electrons. The summed E-state index contributed by atoms with van der Waals surface area (Å²) in [6.45, 7) is 6.39. The number of nitrogens with zero attached hydrogens (tertiary/aromatic N) is 2. The third-order valence-electron chi connectivity index (χ3n) is 4.28. The fourth-order valence-corrected chi connectivity index (χ4v) is 2.89. The minimum absolute atomic E-state index is 0.337. The molecule has 0 radical (unpaired) electrons. The predicted octanol–water partition coefficient (Wildman–Crippen LogP) is 3.22. The molecule has 0 amide bonds. The quantitative estimate of drug-likeness (QED) is 0.919. The van der Waals surface area contributed by atoms with E-state index in [1.807, 2.05) is 18.2 Å². The lowest BCUT2D eigenvalue weighted by atomic mass is 10.2. The molecule has 0 aliphatic carbocycles. The summed E-state index contributed by atoms with van der Waals surface area (Å²) in [6.07, 6.45) is 4.45. The van der Waals surface area contributed by atoms with Gasteiger partial charge in [-0.1, -0.05) is 54.6 Å². The fourth-order valence-electron chi connectivity index (χ4n) is 2.89. The zero-order chi connectivity index (χ0) is 15.9. The highest BCUT2D eigenvalue weighted by atomic mass is 16.3. The van der Waals surface area contributed by atoms with Gasteiger partial charge in [-0.15, -0.1) is 0 Å². The lowest BCUT2D eigenvalue weighted by Crippen LogP contribution is -2.45. The minimum atomic E-state index is 0.337. The van der Waals surface area contributed by atoms with E-state index in [2.05, 4.69) is 46.2 Å². The number of hydrogen-bond donors (Lipinski definition) is 1. The molecule has 2 aromatic carbocycles. The van der Waals surface area contributed by atoms with Crippen LogP contribution < -0.4 is 0 Å². The van der Waals surface area contributed by atoms with Gasteiger partial charge in [-0.05, 0) is 23.3 Å². The highest BCUT2D eigenvalue weighted by Gasteiger charge is 2.15. The Morgan fingerprint density at radius 1 is 0.826 bits per heavy atom. The molecular formula is C20H24N2O. The van der Waals surface area contributed by atoms with Crippen LogP contribution in [0.4, 0.5) is 0 Å². The largest absolute Gasteiger partial charge is 0.508 e. The molecule has 1 heterocycles. The smallest absolute Gasteiger partial charge is 0.115 e. The van der Waals surface area contributed by atoms with Crippen LogP contribution in [0.5, 0.6) is 5.75 Å². The number of aromatic hydroxyl groups is 1. The van der Waals surface area contributed by atoms with Gasteiger partial charge in [0.05, 0.1) is 0 Å². The molecule has 1 N–H and O–H groups in total. The third kappa shape index (κ3) is 4.95. The Hall–Kier alpha value is -2.10. The number of piperazine rings is 1. The van der Waals surface area contributed by atoms with Crippen LogP contribution >= 0.6 is 0 Å². The maximum absolute atomic E-state index is 9.34. The normalized spacial score (nSPS) is 16.9. The van der Waals surface area contributed by atoms with E-state index in [0.717, 1.165) is 39.3 Å². The summed E-state index contributed by atoms with van der Waals surface area (Å²) in [5.74, 6) is 0.337. The van der Waals surface area contributed by atoms with E-state index >= 15 is 0 Å². The molecule has 3 rings (SSSR count). The Morgan fingerprint density at radius 2 is 1.48 bits per heavy atom. The molecule has 0 aromatic heterocycles. The SMILES string of the molecule is Oc1ccc(CN2CCN(CC=Cc3ccccc3)CC2)cc1. The van der Waals surface area contributed by atoms with Gasteiger partial charge in [-0.3, -0.25) is 9.80 Å². The number of phenolic OH excluding ortho intramolecular Hbond substituents is 1. The molecule has 1 aliphatic rings. The van der Waals surface area contributed by atoms with Crippen molar-refractivity contribution in [2.45, 2.75) is 6.54 Å². The van der Waals surface area contributed by atoms with Crippen LogP contribution in [0.3, 0.4) is 0 Å². The number of benzene rings is 2. The molecule has 0 bridgehead atoms. The van der Waals surface area contributed by atoms with E-state index in [1.165, 1.54) is 11.1 Å².